The van der Waals surface area contributed by atoms with Crippen molar-refractivity contribution in [2.75, 3.05) is 7.11 Å². The first kappa shape index (κ1) is 13.9. The van der Waals surface area contributed by atoms with E-state index in [-0.39, 0.29) is 18.2 Å². The van der Waals surface area contributed by atoms with Crippen molar-refractivity contribution in [3.05, 3.63) is 11.6 Å². The predicted molar refractivity (Wildman–Crippen MR) is 63.4 cm³/mol. The third-order valence-electron chi connectivity index (χ3n) is 2.95. The van der Waals surface area contributed by atoms with Crippen LogP contribution < -0.4 is 0 Å². The van der Waals surface area contributed by atoms with Crippen LogP contribution in [0.25, 0.3) is 0 Å². The summed E-state index contributed by atoms with van der Waals surface area (Å²) in [5.41, 5.74) is 0.769. The fourth-order valence-electron chi connectivity index (χ4n) is 1.97. The first-order valence-corrected chi connectivity index (χ1v) is 6.12. The third-order valence-corrected chi connectivity index (χ3v) is 2.95. The highest BCUT2D eigenvalue weighted by atomic mass is 16.5. The van der Waals surface area contributed by atoms with Crippen LogP contribution in [0.3, 0.4) is 0 Å². The molecule has 0 aromatic rings. The van der Waals surface area contributed by atoms with Gasteiger partial charge in [0.05, 0.1) is 13.2 Å². The monoisotopic (exact) mass is 240 g/mol. The predicted octanol–water partition coefficient (Wildman–Crippen LogP) is 1.76. The number of carbonyl (C=O) groups excluding carboxylic acids is 2. The van der Waals surface area contributed by atoms with E-state index in [1.807, 2.05) is 0 Å². The van der Waals surface area contributed by atoms with Gasteiger partial charge in [-0.1, -0.05) is 12.8 Å². The number of unbranched alkanes of at least 4 members (excludes halogenated alkanes) is 3. The van der Waals surface area contributed by atoms with Crippen LogP contribution in [0, 0.1) is 0 Å². The van der Waals surface area contributed by atoms with Crippen LogP contribution in [-0.2, 0) is 14.3 Å². The normalized spacial score (nSPS) is 19.3. The molecule has 1 rings (SSSR count). The number of ketones is 1. The second kappa shape index (κ2) is 7.22. The summed E-state index contributed by atoms with van der Waals surface area (Å²) >= 11 is 0. The number of ether oxygens (including phenoxy) is 1. The fraction of sp³-hybridized carbons (Fsp3) is 0.692. The maximum absolute atomic E-state index is 11.3. The van der Waals surface area contributed by atoms with Gasteiger partial charge in [0.1, 0.15) is 0 Å². The molecule has 0 aliphatic heterocycles. The zero-order valence-corrected chi connectivity index (χ0v) is 10.3. The zero-order valence-electron chi connectivity index (χ0n) is 10.3. The number of methoxy groups -OCH3 is 1. The van der Waals surface area contributed by atoms with Gasteiger partial charge < -0.3 is 9.84 Å². The minimum atomic E-state index is -0.572. The molecule has 0 saturated heterocycles. The fourth-order valence-corrected chi connectivity index (χ4v) is 1.97. The molecule has 1 N–H and O–H groups in total. The molecular formula is C13H20O4. The topological polar surface area (TPSA) is 63.6 Å². The summed E-state index contributed by atoms with van der Waals surface area (Å²) in [7, 11) is 1.39. The summed E-state index contributed by atoms with van der Waals surface area (Å²) in [6.07, 6.45) is 6.29. The lowest BCUT2D eigenvalue weighted by molar-refractivity contribution is -0.140. The number of aliphatic hydroxyl groups excluding tert-OH is 1. The molecule has 0 saturated carbocycles. The standard InChI is InChI=1S/C13H20O4/c1-17-13(16)7-5-3-2-4-6-10-8-11(14)9-12(10)15/h8,11,14H,2-7,9H2,1H3. The lowest BCUT2D eigenvalue weighted by Gasteiger charge is -2.01. The van der Waals surface area contributed by atoms with Gasteiger partial charge in [-0.05, 0) is 30.9 Å². The van der Waals surface area contributed by atoms with Gasteiger partial charge in [0.15, 0.2) is 5.78 Å². The average molecular weight is 240 g/mol. The van der Waals surface area contributed by atoms with Gasteiger partial charge in [0, 0.05) is 12.8 Å². The van der Waals surface area contributed by atoms with Crippen LogP contribution in [0.1, 0.15) is 44.9 Å². The summed E-state index contributed by atoms with van der Waals surface area (Å²) in [5.74, 6) is -0.0890. The van der Waals surface area contributed by atoms with Crippen molar-refractivity contribution in [2.45, 2.75) is 51.0 Å². The third kappa shape index (κ3) is 5.13. The first-order chi connectivity index (χ1) is 8.13. The molecule has 0 amide bonds. The summed E-state index contributed by atoms with van der Waals surface area (Å²) < 4.78 is 4.54. The maximum Gasteiger partial charge on any atom is 0.305 e. The van der Waals surface area contributed by atoms with Gasteiger partial charge in [-0.15, -0.1) is 0 Å². The molecule has 0 radical (unpaired) electrons. The van der Waals surface area contributed by atoms with E-state index in [9.17, 15) is 14.7 Å². The molecule has 17 heavy (non-hydrogen) atoms. The van der Waals surface area contributed by atoms with Crippen molar-refractivity contribution in [1.82, 2.24) is 0 Å². The van der Waals surface area contributed by atoms with E-state index in [0.717, 1.165) is 37.7 Å². The van der Waals surface area contributed by atoms with E-state index in [1.54, 1.807) is 6.08 Å². The van der Waals surface area contributed by atoms with Crippen LogP contribution in [0.15, 0.2) is 11.6 Å². The second-order valence-electron chi connectivity index (χ2n) is 4.38. The van der Waals surface area contributed by atoms with Crippen molar-refractivity contribution < 1.29 is 19.4 Å². The zero-order chi connectivity index (χ0) is 12.7. The van der Waals surface area contributed by atoms with Crippen LogP contribution >= 0.6 is 0 Å². The van der Waals surface area contributed by atoms with Crippen molar-refractivity contribution in [1.29, 1.82) is 0 Å². The average Bonchev–Trinajstić information content (AvgIpc) is 2.62. The number of rotatable bonds is 7. The van der Waals surface area contributed by atoms with Gasteiger partial charge in [-0.2, -0.15) is 0 Å². The summed E-state index contributed by atoms with van der Waals surface area (Å²) in [6.45, 7) is 0. The number of hydrogen-bond acceptors (Lipinski definition) is 4. The van der Waals surface area contributed by atoms with Crippen LogP contribution in [0.2, 0.25) is 0 Å². The smallest absolute Gasteiger partial charge is 0.305 e. The SMILES string of the molecule is COC(=O)CCCCCCC1=CC(O)CC1=O. The van der Waals surface area contributed by atoms with Gasteiger partial charge in [0.25, 0.3) is 0 Å². The highest BCUT2D eigenvalue weighted by Gasteiger charge is 2.21. The Hall–Kier alpha value is -1.16. The highest BCUT2D eigenvalue weighted by Crippen LogP contribution is 2.20. The Morgan fingerprint density at radius 3 is 2.71 bits per heavy atom. The van der Waals surface area contributed by atoms with Crippen LogP contribution in [0.4, 0.5) is 0 Å². The Morgan fingerprint density at radius 2 is 2.12 bits per heavy atom. The Kier molecular flexibility index (Phi) is 5.91. The van der Waals surface area contributed by atoms with Gasteiger partial charge >= 0.3 is 5.97 Å². The number of aliphatic hydroxyl groups is 1. The van der Waals surface area contributed by atoms with E-state index < -0.39 is 6.10 Å². The van der Waals surface area contributed by atoms with E-state index in [4.69, 9.17) is 0 Å². The Balaban J connectivity index is 2.03. The molecule has 4 heteroatoms. The minimum absolute atomic E-state index is 0.0760. The molecular weight excluding hydrogens is 220 g/mol. The van der Waals surface area contributed by atoms with E-state index in [2.05, 4.69) is 4.74 Å². The lowest BCUT2D eigenvalue weighted by Crippen LogP contribution is -2.01. The van der Waals surface area contributed by atoms with Crippen molar-refractivity contribution in [3.63, 3.8) is 0 Å². The number of Topliss-reactive ketones (excluding diaryl/α,β-unsaturated/α-hetero) is 1. The number of carbonyl (C=O) groups is 2. The molecule has 0 fully saturated rings. The highest BCUT2D eigenvalue weighted by molar-refractivity contribution is 5.98. The van der Waals surface area contributed by atoms with Gasteiger partial charge in [-0.3, -0.25) is 9.59 Å². The lowest BCUT2D eigenvalue weighted by atomic mass is 10.0. The molecule has 1 atom stereocenters. The Bertz CT molecular complexity index is 307. The van der Waals surface area contributed by atoms with Crippen LogP contribution in [-0.4, -0.2) is 30.1 Å². The molecule has 0 spiro atoms. The Labute approximate surface area is 102 Å². The molecule has 96 valence electrons. The van der Waals surface area contributed by atoms with Crippen molar-refractivity contribution in [2.24, 2.45) is 0 Å². The molecule has 1 aliphatic carbocycles. The van der Waals surface area contributed by atoms with Crippen LogP contribution in [0.5, 0.6) is 0 Å². The largest absolute Gasteiger partial charge is 0.469 e. The minimum Gasteiger partial charge on any atom is -0.469 e. The van der Waals surface area contributed by atoms with Crippen molar-refractivity contribution in [3.8, 4) is 0 Å². The molecule has 4 nitrogen and oxygen atoms in total. The van der Waals surface area contributed by atoms with E-state index >= 15 is 0 Å². The van der Waals surface area contributed by atoms with Crippen molar-refractivity contribution >= 4 is 11.8 Å². The summed E-state index contributed by atoms with van der Waals surface area (Å²) in [4.78, 5) is 22.2. The quantitative estimate of drug-likeness (QED) is 0.544. The number of hydrogen-bond donors (Lipinski definition) is 1. The molecule has 0 heterocycles. The van der Waals surface area contributed by atoms with E-state index in [0.29, 0.717) is 6.42 Å². The second-order valence-corrected chi connectivity index (χ2v) is 4.38. The summed E-state index contributed by atoms with van der Waals surface area (Å²) in [6, 6.07) is 0. The van der Waals surface area contributed by atoms with E-state index in [1.165, 1.54) is 7.11 Å². The first-order valence-electron chi connectivity index (χ1n) is 6.12. The molecule has 1 aliphatic rings. The molecule has 0 aromatic carbocycles. The number of esters is 1. The Morgan fingerprint density at radius 1 is 1.41 bits per heavy atom. The maximum atomic E-state index is 11.3. The van der Waals surface area contributed by atoms with Gasteiger partial charge in [0.2, 0.25) is 0 Å². The molecule has 0 bridgehead atoms. The molecule has 0 aromatic heterocycles. The molecule has 1 unspecified atom stereocenters. The number of allylic oxidation sites excluding steroid dienone is 1. The van der Waals surface area contributed by atoms with Gasteiger partial charge in [-0.25, -0.2) is 0 Å². The summed E-state index contributed by atoms with van der Waals surface area (Å²) in [5, 5.41) is 9.25.